The van der Waals surface area contributed by atoms with Crippen LogP contribution in [0, 0.1) is 5.92 Å². The average Bonchev–Trinajstić information content (AvgIpc) is 1.64. The molecule has 0 fully saturated rings. The molecule has 0 saturated heterocycles. The topological polar surface area (TPSA) is 26.0 Å². The summed E-state index contributed by atoms with van der Waals surface area (Å²) in [6, 6.07) is 0. The van der Waals surface area contributed by atoms with Crippen molar-refractivity contribution in [1.82, 2.24) is 0 Å². The number of rotatable bonds is 0. The summed E-state index contributed by atoms with van der Waals surface area (Å²) in [6.45, 7) is 2.16. The van der Waals surface area contributed by atoms with E-state index in [1.807, 2.05) is 6.08 Å². The van der Waals surface area contributed by atoms with Crippen molar-refractivity contribution < 1.29 is 0 Å². The molecule has 1 aliphatic rings. The van der Waals surface area contributed by atoms with Gasteiger partial charge >= 0.3 is 0 Å². The van der Waals surface area contributed by atoms with Crippen molar-refractivity contribution in [2.24, 2.45) is 11.7 Å². The van der Waals surface area contributed by atoms with Gasteiger partial charge < -0.3 is 5.73 Å². The second kappa shape index (κ2) is 2.03. The standard InChI is InChI=1S/C7H11N/c1-6-3-2-4-7(8)5-6/h2,4-6H,3,8H2,1H3/t6-/m0/s1. The molecule has 2 N–H and O–H groups in total. The van der Waals surface area contributed by atoms with Crippen LogP contribution in [0.2, 0.25) is 0 Å². The zero-order valence-electron chi connectivity index (χ0n) is 5.09. The highest BCUT2D eigenvalue weighted by molar-refractivity contribution is 5.19. The monoisotopic (exact) mass is 109 g/mol. The molecule has 0 aliphatic heterocycles. The summed E-state index contributed by atoms with van der Waals surface area (Å²) in [5, 5.41) is 0. The lowest BCUT2D eigenvalue weighted by Gasteiger charge is -2.07. The first-order valence-electron chi connectivity index (χ1n) is 2.93. The molecule has 0 aromatic heterocycles. The lowest BCUT2D eigenvalue weighted by molar-refractivity contribution is 0.727. The van der Waals surface area contributed by atoms with Crippen LogP contribution in [0.5, 0.6) is 0 Å². The third kappa shape index (κ3) is 1.12. The van der Waals surface area contributed by atoms with E-state index >= 15 is 0 Å². The van der Waals surface area contributed by atoms with Crippen LogP contribution in [0.15, 0.2) is 23.9 Å². The first-order valence-corrected chi connectivity index (χ1v) is 2.93. The Morgan fingerprint density at radius 1 is 1.75 bits per heavy atom. The van der Waals surface area contributed by atoms with Crippen molar-refractivity contribution in [2.75, 3.05) is 0 Å². The normalized spacial score (nSPS) is 27.6. The first kappa shape index (κ1) is 5.42. The maximum absolute atomic E-state index is 5.50. The van der Waals surface area contributed by atoms with Crippen molar-refractivity contribution in [1.29, 1.82) is 0 Å². The van der Waals surface area contributed by atoms with Gasteiger partial charge in [0, 0.05) is 5.70 Å². The number of hydrogen-bond donors (Lipinski definition) is 1. The molecule has 0 bridgehead atoms. The van der Waals surface area contributed by atoms with E-state index in [-0.39, 0.29) is 0 Å². The molecule has 1 atom stereocenters. The summed E-state index contributed by atoms with van der Waals surface area (Å²) in [6.07, 6.45) is 7.29. The summed E-state index contributed by atoms with van der Waals surface area (Å²) in [5.74, 6) is 0.639. The van der Waals surface area contributed by atoms with E-state index in [0.29, 0.717) is 5.92 Å². The molecular formula is C7H11N. The third-order valence-corrected chi connectivity index (χ3v) is 1.30. The summed E-state index contributed by atoms with van der Waals surface area (Å²) < 4.78 is 0. The highest BCUT2D eigenvalue weighted by atomic mass is 14.6. The van der Waals surface area contributed by atoms with Gasteiger partial charge in [-0.3, -0.25) is 0 Å². The predicted molar refractivity (Wildman–Crippen MR) is 35.2 cm³/mol. The summed E-state index contributed by atoms with van der Waals surface area (Å²) >= 11 is 0. The van der Waals surface area contributed by atoms with Gasteiger partial charge in [-0.1, -0.05) is 19.1 Å². The molecule has 0 spiro atoms. The number of nitrogens with two attached hydrogens (primary N) is 1. The molecule has 0 radical (unpaired) electrons. The molecule has 0 heterocycles. The molecule has 1 rings (SSSR count). The fraction of sp³-hybridized carbons (Fsp3) is 0.429. The van der Waals surface area contributed by atoms with Crippen LogP contribution in [-0.2, 0) is 0 Å². The van der Waals surface area contributed by atoms with Crippen molar-refractivity contribution in [3.8, 4) is 0 Å². The summed E-state index contributed by atoms with van der Waals surface area (Å²) in [5.41, 5.74) is 6.41. The molecular weight excluding hydrogens is 98.1 g/mol. The van der Waals surface area contributed by atoms with E-state index in [2.05, 4.69) is 19.1 Å². The largest absolute Gasteiger partial charge is 0.399 e. The zero-order valence-corrected chi connectivity index (χ0v) is 5.09. The van der Waals surface area contributed by atoms with Crippen LogP contribution >= 0.6 is 0 Å². The Kier molecular flexibility index (Phi) is 1.38. The quantitative estimate of drug-likeness (QED) is 0.500. The lowest BCUT2D eigenvalue weighted by Crippen LogP contribution is -2.01. The molecule has 0 aromatic carbocycles. The fourth-order valence-electron chi connectivity index (χ4n) is 0.871. The third-order valence-electron chi connectivity index (χ3n) is 1.30. The number of hydrogen-bond acceptors (Lipinski definition) is 1. The number of allylic oxidation sites excluding steroid dienone is 3. The van der Waals surface area contributed by atoms with Gasteiger partial charge in [0.2, 0.25) is 0 Å². The van der Waals surface area contributed by atoms with E-state index in [1.54, 1.807) is 0 Å². The van der Waals surface area contributed by atoms with Crippen LogP contribution in [0.4, 0.5) is 0 Å². The molecule has 8 heavy (non-hydrogen) atoms. The van der Waals surface area contributed by atoms with Gasteiger partial charge in [0.1, 0.15) is 0 Å². The van der Waals surface area contributed by atoms with Crippen LogP contribution in [0.25, 0.3) is 0 Å². The Bertz CT molecular complexity index is 133. The van der Waals surface area contributed by atoms with Gasteiger partial charge in [-0.15, -0.1) is 0 Å². The van der Waals surface area contributed by atoms with Gasteiger partial charge in [-0.05, 0) is 18.4 Å². The van der Waals surface area contributed by atoms with Crippen LogP contribution in [0.1, 0.15) is 13.3 Å². The Balaban J connectivity index is 2.63. The average molecular weight is 109 g/mol. The zero-order chi connectivity index (χ0) is 5.98. The van der Waals surface area contributed by atoms with Crippen LogP contribution in [-0.4, -0.2) is 0 Å². The van der Waals surface area contributed by atoms with Gasteiger partial charge in [-0.25, -0.2) is 0 Å². The van der Waals surface area contributed by atoms with E-state index in [1.165, 1.54) is 0 Å². The molecule has 0 saturated carbocycles. The van der Waals surface area contributed by atoms with Crippen molar-refractivity contribution >= 4 is 0 Å². The molecule has 0 aromatic rings. The Morgan fingerprint density at radius 3 is 2.88 bits per heavy atom. The minimum absolute atomic E-state index is 0.639. The van der Waals surface area contributed by atoms with Crippen molar-refractivity contribution in [3.63, 3.8) is 0 Å². The van der Waals surface area contributed by atoms with E-state index in [4.69, 9.17) is 5.73 Å². The molecule has 1 aliphatic carbocycles. The second-order valence-electron chi connectivity index (χ2n) is 2.28. The van der Waals surface area contributed by atoms with Crippen LogP contribution < -0.4 is 5.73 Å². The van der Waals surface area contributed by atoms with Gasteiger partial charge in [0.15, 0.2) is 0 Å². The minimum atomic E-state index is 0.639. The van der Waals surface area contributed by atoms with Gasteiger partial charge in [-0.2, -0.15) is 0 Å². The van der Waals surface area contributed by atoms with Crippen molar-refractivity contribution in [2.45, 2.75) is 13.3 Å². The Hall–Kier alpha value is -0.720. The second-order valence-corrected chi connectivity index (χ2v) is 2.28. The highest BCUT2D eigenvalue weighted by Gasteiger charge is 1.98. The maximum Gasteiger partial charge on any atom is 0.0273 e. The fourth-order valence-corrected chi connectivity index (χ4v) is 0.871. The smallest absolute Gasteiger partial charge is 0.0273 e. The molecule has 1 nitrogen and oxygen atoms in total. The van der Waals surface area contributed by atoms with Gasteiger partial charge in [0.05, 0.1) is 0 Å². The Morgan fingerprint density at radius 2 is 2.50 bits per heavy atom. The highest BCUT2D eigenvalue weighted by Crippen LogP contribution is 2.11. The van der Waals surface area contributed by atoms with E-state index < -0.39 is 0 Å². The summed E-state index contributed by atoms with van der Waals surface area (Å²) in [4.78, 5) is 0. The van der Waals surface area contributed by atoms with Crippen LogP contribution in [0.3, 0.4) is 0 Å². The minimum Gasteiger partial charge on any atom is -0.399 e. The van der Waals surface area contributed by atoms with Gasteiger partial charge in [0.25, 0.3) is 0 Å². The van der Waals surface area contributed by atoms with E-state index in [0.717, 1.165) is 12.1 Å². The molecule has 0 amide bonds. The first-order chi connectivity index (χ1) is 3.79. The molecule has 44 valence electrons. The molecule has 0 unspecified atom stereocenters. The van der Waals surface area contributed by atoms with E-state index in [9.17, 15) is 0 Å². The SMILES string of the molecule is C[C@@H]1C=C(N)C=CC1. The maximum atomic E-state index is 5.50. The lowest BCUT2D eigenvalue weighted by atomic mass is 10.0. The van der Waals surface area contributed by atoms with Crippen molar-refractivity contribution in [3.05, 3.63) is 23.9 Å². The Labute approximate surface area is 49.9 Å². The summed E-state index contributed by atoms with van der Waals surface area (Å²) in [7, 11) is 0. The molecule has 1 heteroatoms. The predicted octanol–water partition coefficient (Wildman–Crippen LogP) is 1.43.